The highest BCUT2D eigenvalue weighted by atomic mass is 16.5. The minimum absolute atomic E-state index is 0.259. The molecule has 0 aliphatic carbocycles. The summed E-state index contributed by atoms with van der Waals surface area (Å²) in [4.78, 5) is 19.2. The predicted octanol–water partition coefficient (Wildman–Crippen LogP) is 3.78. The summed E-state index contributed by atoms with van der Waals surface area (Å²) in [6, 6.07) is 16.6. The third-order valence-electron chi connectivity index (χ3n) is 3.65. The number of fused-ring (bicyclic) bond motifs is 1. The number of hydrogen-bond donors (Lipinski definition) is 1. The lowest BCUT2D eigenvalue weighted by atomic mass is 10.1. The van der Waals surface area contributed by atoms with Crippen LogP contribution in [0, 0.1) is 11.3 Å². The Hall–Kier alpha value is -3.39. The summed E-state index contributed by atoms with van der Waals surface area (Å²) in [5.41, 5.74) is 1.43. The molecule has 0 amide bonds. The van der Waals surface area contributed by atoms with E-state index in [0.29, 0.717) is 23.1 Å². The topological polar surface area (TPSA) is 78.8 Å². The first-order valence-corrected chi connectivity index (χ1v) is 8.05. The van der Waals surface area contributed by atoms with Gasteiger partial charge in [0.2, 0.25) is 0 Å². The largest absolute Gasteiger partial charge is 0.494 e. The van der Waals surface area contributed by atoms with Crippen molar-refractivity contribution in [1.82, 2.24) is 9.97 Å². The molecular formula is C20H17N3O2. The number of rotatable bonds is 5. The van der Waals surface area contributed by atoms with Crippen molar-refractivity contribution in [2.45, 2.75) is 13.3 Å². The van der Waals surface area contributed by atoms with Gasteiger partial charge in [0.15, 0.2) is 5.82 Å². The Morgan fingerprint density at radius 1 is 1.24 bits per heavy atom. The zero-order valence-electron chi connectivity index (χ0n) is 13.8. The zero-order valence-corrected chi connectivity index (χ0v) is 13.8. The lowest BCUT2D eigenvalue weighted by Gasteiger charge is -2.05. The Balaban J connectivity index is 1.96. The number of H-pyrrole nitrogens is 1. The highest BCUT2D eigenvalue weighted by Gasteiger charge is 2.08. The molecule has 0 spiro atoms. The first kappa shape index (κ1) is 16.5. The van der Waals surface area contributed by atoms with Gasteiger partial charge in [0.05, 0.1) is 23.1 Å². The maximum atomic E-state index is 12.2. The predicted molar refractivity (Wildman–Crippen MR) is 98.1 cm³/mol. The number of nitrogens with one attached hydrogen (secondary N) is 1. The fourth-order valence-corrected chi connectivity index (χ4v) is 2.41. The lowest BCUT2D eigenvalue weighted by Crippen LogP contribution is -2.11. The van der Waals surface area contributed by atoms with Crippen molar-refractivity contribution in [3.05, 3.63) is 70.3 Å². The Bertz CT molecular complexity index is 1010. The zero-order chi connectivity index (χ0) is 17.6. The molecule has 0 aliphatic heterocycles. The van der Waals surface area contributed by atoms with Crippen LogP contribution in [0.4, 0.5) is 0 Å². The van der Waals surface area contributed by atoms with E-state index in [4.69, 9.17) is 4.74 Å². The van der Waals surface area contributed by atoms with Crippen LogP contribution in [0.15, 0.2) is 53.3 Å². The van der Waals surface area contributed by atoms with Crippen LogP contribution in [0.2, 0.25) is 0 Å². The van der Waals surface area contributed by atoms with Gasteiger partial charge in [-0.05, 0) is 42.3 Å². The van der Waals surface area contributed by atoms with Gasteiger partial charge in [-0.1, -0.05) is 31.2 Å². The van der Waals surface area contributed by atoms with Gasteiger partial charge in [-0.15, -0.1) is 0 Å². The summed E-state index contributed by atoms with van der Waals surface area (Å²) in [7, 11) is 0. The molecule has 1 aromatic heterocycles. The Kier molecular flexibility index (Phi) is 4.91. The van der Waals surface area contributed by atoms with Gasteiger partial charge in [0.1, 0.15) is 11.8 Å². The Morgan fingerprint density at radius 3 is 2.72 bits per heavy atom. The van der Waals surface area contributed by atoms with Crippen LogP contribution in [0.1, 0.15) is 24.7 Å². The number of allylic oxidation sites excluding steroid dienone is 1. The number of benzene rings is 2. The number of ether oxygens (including phenoxy) is 1. The molecule has 3 rings (SSSR count). The molecule has 124 valence electrons. The second-order valence-corrected chi connectivity index (χ2v) is 5.52. The molecule has 0 fully saturated rings. The van der Waals surface area contributed by atoms with Crippen molar-refractivity contribution in [1.29, 1.82) is 5.26 Å². The molecule has 1 heterocycles. The lowest BCUT2D eigenvalue weighted by molar-refractivity contribution is 0.317. The van der Waals surface area contributed by atoms with Crippen molar-refractivity contribution >= 4 is 22.6 Å². The number of aromatic nitrogens is 2. The first-order valence-electron chi connectivity index (χ1n) is 8.05. The smallest absolute Gasteiger partial charge is 0.259 e. The van der Waals surface area contributed by atoms with Crippen LogP contribution in [0.5, 0.6) is 5.75 Å². The standard InChI is InChI=1S/C20H17N3O2/c1-2-11-25-16-9-7-14(8-10-16)12-15(13-21)19-22-18-6-4-3-5-17(18)20(24)23-19/h3-10,12H,2,11H2,1H3,(H,22,23,24)/b15-12-. The SMILES string of the molecule is CCCOc1ccc(/C=C(/C#N)c2nc3ccccc3c(=O)[nH]2)cc1. The molecule has 25 heavy (non-hydrogen) atoms. The second-order valence-electron chi connectivity index (χ2n) is 5.52. The minimum Gasteiger partial charge on any atom is -0.494 e. The molecule has 1 N–H and O–H groups in total. The molecule has 3 aromatic rings. The normalized spacial score (nSPS) is 11.3. The van der Waals surface area contributed by atoms with Gasteiger partial charge in [0, 0.05) is 0 Å². The van der Waals surface area contributed by atoms with E-state index < -0.39 is 0 Å². The number of aromatic amines is 1. The van der Waals surface area contributed by atoms with Crippen LogP contribution in [-0.2, 0) is 0 Å². The van der Waals surface area contributed by atoms with Crippen LogP contribution in [0.25, 0.3) is 22.6 Å². The highest BCUT2D eigenvalue weighted by Crippen LogP contribution is 2.18. The van der Waals surface area contributed by atoms with Crippen LogP contribution >= 0.6 is 0 Å². The van der Waals surface area contributed by atoms with E-state index in [1.807, 2.05) is 37.3 Å². The van der Waals surface area contributed by atoms with E-state index in [0.717, 1.165) is 17.7 Å². The summed E-state index contributed by atoms with van der Waals surface area (Å²) in [6.45, 7) is 2.72. The van der Waals surface area contributed by atoms with Crippen molar-refractivity contribution in [3.63, 3.8) is 0 Å². The molecule has 2 aromatic carbocycles. The van der Waals surface area contributed by atoms with Crippen molar-refractivity contribution < 1.29 is 4.74 Å². The van der Waals surface area contributed by atoms with Gasteiger partial charge in [-0.2, -0.15) is 5.26 Å². The summed E-state index contributed by atoms with van der Waals surface area (Å²) in [5, 5.41) is 9.97. The van der Waals surface area contributed by atoms with Gasteiger partial charge in [-0.25, -0.2) is 4.98 Å². The monoisotopic (exact) mass is 331 g/mol. The molecular weight excluding hydrogens is 314 g/mol. The van der Waals surface area contributed by atoms with E-state index in [2.05, 4.69) is 16.0 Å². The van der Waals surface area contributed by atoms with Crippen molar-refractivity contribution in [3.8, 4) is 11.8 Å². The molecule has 0 aliphatic rings. The van der Waals surface area contributed by atoms with Gasteiger partial charge in [0.25, 0.3) is 5.56 Å². The third-order valence-corrected chi connectivity index (χ3v) is 3.65. The van der Waals surface area contributed by atoms with Crippen LogP contribution in [-0.4, -0.2) is 16.6 Å². The van der Waals surface area contributed by atoms with Crippen molar-refractivity contribution in [2.75, 3.05) is 6.61 Å². The van der Waals surface area contributed by atoms with E-state index in [9.17, 15) is 10.1 Å². The highest BCUT2D eigenvalue weighted by molar-refractivity contribution is 5.89. The summed E-state index contributed by atoms with van der Waals surface area (Å²) in [5.74, 6) is 1.05. The summed E-state index contributed by atoms with van der Waals surface area (Å²) in [6.07, 6.45) is 2.64. The molecule has 0 radical (unpaired) electrons. The van der Waals surface area contributed by atoms with Gasteiger partial charge in [-0.3, -0.25) is 4.79 Å². The van der Waals surface area contributed by atoms with E-state index >= 15 is 0 Å². The molecule has 0 saturated heterocycles. The fraction of sp³-hybridized carbons (Fsp3) is 0.150. The molecule has 5 heteroatoms. The molecule has 0 saturated carbocycles. The third kappa shape index (κ3) is 3.75. The summed E-state index contributed by atoms with van der Waals surface area (Å²) >= 11 is 0. The van der Waals surface area contributed by atoms with Crippen LogP contribution in [0.3, 0.4) is 0 Å². The average molecular weight is 331 g/mol. The van der Waals surface area contributed by atoms with Crippen molar-refractivity contribution in [2.24, 2.45) is 0 Å². The molecule has 5 nitrogen and oxygen atoms in total. The maximum absolute atomic E-state index is 12.2. The number of para-hydroxylation sites is 1. The minimum atomic E-state index is -0.259. The maximum Gasteiger partial charge on any atom is 0.259 e. The van der Waals surface area contributed by atoms with E-state index in [1.165, 1.54) is 0 Å². The first-order chi connectivity index (χ1) is 12.2. The van der Waals surface area contributed by atoms with E-state index in [1.54, 1.807) is 24.3 Å². The number of nitriles is 1. The molecule has 0 unspecified atom stereocenters. The number of nitrogens with zero attached hydrogens (tertiary/aromatic N) is 2. The Morgan fingerprint density at radius 2 is 2.00 bits per heavy atom. The van der Waals surface area contributed by atoms with E-state index in [-0.39, 0.29) is 11.4 Å². The fourth-order valence-electron chi connectivity index (χ4n) is 2.41. The molecule has 0 bridgehead atoms. The van der Waals surface area contributed by atoms with Gasteiger partial charge < -0.3 is 9.72 Å². The number of hydrogen-bond acceptors (Lipinski definition) is 4. The van der Waals surface area contributed by atoms with Gasteiger partial charge >= 0.3 is 0 Å². The summed E-state index contributed by atoms with van der Waals surface area (Å²) < 4.78 is 5.54. The average Bonchev–Trinajstić information content (AvgIpc) is 2.65. The quantitative estimate of drug-likeness (QED) is 0.722. The molecule has 0 atom stereocenters. The second kappa shape index (κ2) is 7.45. The Labute approximate surface area is 145 Å². The van der Waals surface area contributed by atoms with Crippen LogP contribution < -0.4 is 10.3 Å².